The quantitative estimate of drug-likeness (QED) is 0.841. The molecule has 92 valence electrons. The molecule has 2 N–H and O–H groups in total. The first-order valence-electron chi connectivity index (χ1n) is 5.36. The summed E-state index contributed by atoms with van der Waals surface area (Å²) in [5.74, 6) is 0.922. The minimum atomic E-state index is 0.408. The van der Waals surface area contributed by atoms with Gasteiger partial charge in [0.15, 0.2) is 0 Å². The monoisotopic (exact) mass is 243 g/mol. The third-order valence-electron chi connectivity index (χ3n) is 2.63. The van der Waals surface area contributed by atoms with Gasteiger partial charge in [-0.1, -0.05) is 0 Å². The summed E-state index contributed by atoms with van der Waals surface area (Å²) in [5, 5.41) is 18.9. The molecule has 2 aromatic heterocycles. The van der Waals surface area contributed by atoms with Crippen LogP contribution >= 0.6 is 0 Å². The van der Waals surface area contributed by atoms with Gasteiger partial charge in [-0.15, -0.1) is 0 Å². The molecule has 2 heterocycles. The standard InChI is InChI=1S/C11H13N7/c1-7-9(6-15-18(7)3)16-11-14-5-8(4-12)10(13-2)17-11/h5-6H,1-3H3,(H2,13,14,16,17). The second kappa shape index (κ2) is 4.71. The maximum Gasteiger partial charge on any atom is 0.229 e. The largest absolute Gasteiger partial charge is 0.372 e. The number of rotatable bonds is 3. The van der Waals surface area contributed by atoms with Crippen LogP contribution in [0, 0.1) is 18.3 Å². The SMILES string of the molecule is CNc1nc(Nc2cnn(C)c2C)ncc1C#N. The summed E-state index contributed by atoms with van der Waals surface area (Å²) in [7, 11) is 3.57. The van der Waals surface area contributed by atoms with Gasteiger partial charge in [-0.05, 0) is 6.92 Å². The average Bonchev–Trinajstić information content (AvgIpc) is 2.70. The molecular formula is C11H13N7. The van der Waals surface area contributed by atoms with E-state index in [0.29, 0.717) is 17.3 Å². The predicted molar refractivity (Wildman–Crippen MR) is 67.5 cm³/mol. The van der Waals surface area contributed by atoms with Crippen LogP contribution in [0.1, 0.15) is 11.3 Å². The van der Waals surface area contributed by atoms with Crippen LogP contribution in [0.5, 0.6) is 0 Å². The Kier molecular flexibility index (Phi) is 3.10. The van der Waals surface area contributed by atoms with Gasteiger partial charge in [0.05, 0.1) is 23.8 Å². The van der Waals surface area contributed by atoms with Crippen LogP contribution in [0.3, 0.4) is 0 Å². The molecule has 0 spiro atoms. The van der Waals surface area contributed by atoms with Crippen molar-refractivity contribution in [1.82, 2.24) is 19.7 Å². The number of anilines is 3. The molecule has 0 aliphatic rings. The molecule has 0 amide bonds. The van der Waals surface area contributed by atoms with E-state index in [2.05, 4.69) is 25.7 Å². The Bertz CT molecular complexity index is 608. The minimum Gasteiger partial charge on any atom is -0.372 e. The summed E-state index contributed by atoms with van der Waals surface area (Å²) >= 11 is 0. The summed E-state index contributed by atoms with van der Waals surface area (Å²) in [6.07, 6.45) is 3.18. The van der Waals surface area contributed by atoms with Crippen LogP contribution < -0.4 is 10.6 Å². The van der Waals surface area contributed by atoms with Gasteiger partial charge in [-0.2, -0.15) is 15.3 Å². The van der Waals surface area contributed by atoms with E-state index in [9.17, 15) is 0 Å². The number of hydrogen-bond acceptors (Lipinski definition) is 6. The lowest BCUT2D eigenvalue weighted by Gasteiger charge is -2.06. The Balaban J connectivity index is 2.30. The van der Waals surface area contributed by atoms with Crippen molar-refractivity contribution in [1.29, 1.82) is 5.26 Å². The lowest BCUT2D eigenvalue weighted by Crippen LogP contribution is -2.03. The highest BCUT2D eigenvalue weighted by molar-refractivity contribution is 5.59. The molecule has 0 radical (unpaired) electrons. The fourth-order valence-electron chi connectivity index (χ4n) is 1.46. The van der Waals surface area contributed by atoms with Crippen LogP contribution in [0.2, 0.25) is 0 Å². The molecule has 0 saturated heterocycles. The Morgan fingerprint density at radius 2 is 2.17 bits per heavy atom. The summed E-state index contributed by atoms with van der Waals surface area (Å²) in [4.78, 5) is 8.30. The van der Waals surface area contributed by atoms with Crippen molar-refractivity contribution in [2.45, 2.75) is 6.92 Å². The van der Waals surface area contributed by atoms with Crippen molar-refractivity contribution < 1.29 is 0 Å². The highest BCUT2D eigenvalue weighted by Crippen LogP contribution is 2.18. The van der Waals surface area contributed by atoms with Crippen molar-refractivity contribution in [3.8, 4) is 6.07 Å². The Labute approximate surface area is 104 Å². The summed E-state index contributed by atoms with van der Waals surface area (Å²) in [5.41, 5.74) is 2.23. The summed E-state index contributed by atoms with van der Waals surface area (Å²) in [6, 6.07) is 2.02. The van der Waals surface area contributed by atoms with Crippen molar-refractivity contribution in [3.05, 3.63) is 23.7 Å². The molecule has 2 rings (SSSR count). The van der Waals surface area contributed by atoms with E-state index in [1.807, 2.05) is 20.0 Å². The molecule has 0 bridgehead atoms. The Morgan fingerprint density at radius 3 is 2.72 bits per heavy atom. The maximum atomic E-state index is 8.87. The zero-order chi connectivity index (χ0) is 13.1. The highest BCUT2D eigenvalue weighted by Gasteiger charge is 2.08. The smallest absolute Gasteiger partial charge is 0.229 e. The van der Waals surface area contributed by atoms with E-state index in [1.165, 1.54) is 6.20 Å². The fourth-order valence-corrected chi connectivity index (χ4v) is 1.46. The maximum absolute atomic E-state index is 8.87. The van der Waals surface area contributed by atoms with Crippen molar-refractivity contribution >= 4 is 17.5 Å². The third kappa shape index (κ3) is 2.08. The summed E-state index contributed by atoms with van der Waals surface area (Å²) in [6.45, 7) is 1.94. The Hall–Kier alpha value is -2.62. The molecule has 0 saturated carbocycles. The summed E-state index contributed by atoms with van der Waals surface area (Å²) < 4.78 is 1.75. The highest BCUT2D eigenvalue weighted by atomic mass is 15.3. The van der Waals surface area contributed by atoms with Crippen LogP contribution in [-0.4, -0.2) is 26.8 Å². The topological polar surface area (TPSA) is 91.4 Å². The average molecular weight is 243 g/mol. The lowest BCUT2D eigenvalue weighted by molar-refractivity contribution is 0.740. The third-order valence-corrected chi connectivity index (χ3v) is 2.63. The zero-order valence-electron chi connectivity index (χ0n) is 10.4. The molecule has 2 aromatic rings. The molecule has 0 aliphatic carbocycles. The first-order valence-corrected chi connectivity index (χ1v) is 5.36. The molecule has 7 nitrogen and oxygen atoms in total. The molecule has 0 atom stereocenters. The normalized spacial score (nSPS) is 9.89. The van der Waals surface area contributed by atoms with Crippen molar-refractivity contribution in [2.24, 2.45) is 7.05 Å². The zero-order valence-corrected chi connectivity index (χ0v) is 10.4. The van der Waals surface area contributed by atoms with Gasteiger partial charge < -0.3 is 10.6 Å². The number of nitrogens with one attached hydrogen (secondary N) is 2. The second-order valence-electron chi connectivity index (χ2n) is 3.71. The molecular weight excluding hydrogens is 230 g/mol. The predicted octanol–water partition coefficient (Wildman–Crippen LogP) is 1.18. The molecule has 0 aromatic carbocycles. The number of aromatic nitrogens is 4. The number of nitriles is 1. The van der Waals surface area contributed by atoms with Crippen molar-refractivity contribution in [2.75, 3.05) is 17.7 Å². The van der Waals surface area contributed by atoms with Crippen molar-refractivity contribution in [3.63, 3.8) is 0 Å². The van der Waals surface area contributed by atoms with Gasteiger partial charge in [0.25, 0.3) is 0 Å². The Morgan fingerprint density at radius 1 is 1.39 bits per heavy atom. The first-order chi connectivity index (χ1) is 8.65. The van der Waals surface area contributed by atoms with Crippen LogP contribution in [0.4, 0.5) is 17.5 Å². The number of nitrogens with zero attached hydrogens (tertiary/aromatic N) is 5. The van der Waals surface area contributed by atoms with Crippen LogP contribution in [-0.2, 0) is 7.05 Å². The van der Waals surface area contributed by atoms with E-state index < -0.39 is 0 Å². The fraction of sp³-hybridized carbons (Fsp3) is 0.273. The molecule has 18 heavy (non-hydrogen) atoms. The molecule has 0 unspecified atom stereocenters. The van der Waals surface area contributed by atoms with Gasteiger partial charge in [-0.3, -0.25) is 4.68 Å². The van der Waals surface area contributed by atoms with E-state index >= 15 is 0 Å². The minimum absolute atomic E-state index is 0.408. The molecule has 0 aliphatic heterocycles. The van der Waals surface area contributed by atoms with E-state index in [1.54, 1.807) is 17.9 Å². The van der Waals surface area contributed by atoms with Gasteiger partial charge in [0.2, 0.25) is 5.95 Å². The van der Waals surface area contributed by atoms with Crippen LogP contribution in [0.25, 0.3) is 0 Å². The molecule has 7 heteroatoms. The molecule has 0 fully saturated rings. The van der Waals surface area contributed by atoms with Gasteiger partial charge in [0, 0.05) is 14.1 Å². The van der Waals surface area contributed by atoms with Gasteiger partial charge >= 0.3 is 0 Å². The van der Waals surface area contributed by atoms with Crippen LogP contribution in [0.15, 0.2) is 12.4 Å². The lowest BCUT2D eigenvalue weighted by atomic mass is 10.3. The second-order valence-corrected chi connectivity index (χ2v) is 3.71. The van der Waals surface area contributed by atoms with Gasteiger partial charge in [-0.25, -0.2) is 4.98 Å². The van der Waals surface area contributed by atoms with Gasteiger partial charge in [0.1, 0.15) is 17.5 Å². The van der Waals surface area contributed by atoms with E-state index in [-0.39, 0.29) is 0 Å². The number of hydrogen-bond donors (Lipinski definition) is 2. The number of aryl methyl sites for hydroxylation is 1. The van der Waals surface area contributed by atoms with E-state index in [4.69, 9.17) is 5.26 Å². The van der Waals surface area contributed by atoms with E-state index in [0.717, 1.165) is 11.4 Å². The first kappa shape index (κ1) is 11.9.